The van der Waals surface area contributed by atoms with E-state index in [1.807, 2.05) is 30.3 Å². The van der Waals surface area contributed by atoms with Gasteiger partial charge in [0.05, 0.1) is 28.3 Å². The van der Waals surface area contributed by atoms with Crippen LogP contribution in [0, 0.1) is 0 Å². The fraction of sp³-hybridized carbons (Fsp3) is 0.0526. The lowest BCUT2D eigenvalue weighted by Crippen LogP contribution is -2.34. The predicted molar refractivity (Wildman–Crippen MR) is 111 cm³/mol. The van der Waals surface area contributed by atoms with Gasteiger partial charge >= 0.3 is 0 Å². The highest BCUT2D eigenvalue weighted by Crippen LogP contribution is 2.22. The first-order valence-electron chi connectivity index (χ1n) is 8.04. The zero-order chi connectivity index (χ0) is 20.1. The third-order valence-corrected chi connectivity index (χ3v) is 4.73. The van der Waals surface area contributed by atoms with E-state index in [0.717, 1.165) is 10.9 Å². The number of pyridine rings is 1. The molecule has 0 unspecified atom stereocenters. The molecule has 0 bridgehead atoms. The minimum atomic E-state index is -0.505. The molecule has 0 aliphatic heterocycles. The fourth-order valence-electron chi connectivity index (χ4n) is 2.31. The Morgan fingerprint density at radius 2 is 1.82 bits per heavy atom. The first kappa shape index (κ1) is 20.1. The molecule has 2 amide bonds. The molecular weight excluding hydrogens is 423 g/mol. The van der Waals surface area contributed by atoms with Crippen molar-refractivity contribution in [2.24, 2.45) is 5.10 Å². The molecule has 0 aliphatic carbocycles. The molecule has 3 aromatic rings. The highest BCUT2D eigenvalue weighted by atomic mass is 35.5. The van der Waals surface area contributed by atoms with Gasteiger partial charge in [-0.15, -0.1) is 0 Å². The van der Waals surface area contributed by atoms with Crippen LogP contribution in [0.3, 0.4) is 0 Å². The molecule has 0 radical (unpaired) electrons. The van der Waals surface area contributed by atoms with Crippen molar-refractivity contribution in [2.45, 2.75) is 0 Å². The van der Waals surface area contributed by atoms with Gasteiger partial charge in [0.2, 0.25) is 0 Å². The Balaban J connectivity index is 1.56. The molecular formula is C19H13Cl3N4O2. The van der Waals surface area contributed by atoms with Crippen LogP contribution in [-0.2, 0) is 4.79 Å². The molecule has 6 nitrogen and oxygen atoms in total. The number of halogens is 3. The van der Waals surface area contributed by atoms with E-state index < -0.39 is 11.8 Å². The summed E-state index contributed by atoms with van der Waals surface area (Å²) in [6.07, 6.45) is 1.39. The minimum Gasteiger partial charge on any atom is -0.343 e. The lowest BCUT2D eigenvalue weighted by Gasteiger charge is -2.05. The Morgan fingerprint density at radius 3 is 2.61 bits per heavy atom. The minimum absolute atomic E-state index is 0.254. The van der Waals surface area contributed by atoms with E-state index in [1.165, 1.54) is 24.4 Å². The second-order valence-corrected chi connectivity index (χ2v) is 6.84. The van der Waals surface area contributed by atoms with Crippen LogP contribution in [0.15, 0.2) is 53.6 Å². The number of nitrogens with zero attached hydrogens (tertiary/aromatic N) is 2. The van der Waals surface area contributed by atoms with Crippen molar-refractivity contribution in [3.63, 3.8) is 0 Å². The predicted octanol–water partition coefficient (Wildman–Crippen LogP) is 4.08. The lowest BCUT2D eigenvalue weighted by atomic mass is 10.2. The highest BCUT2D eigenvalue weighted by Gasteiger charge is 2.09. The molecule has 0 spiro atoms. The summed E-state index contributed by atoms with van der Waals surface area (Å²) in [5.74, 6) is -0.964. The average molecular weight is 436 g/mol. The third kappa shape index (κ3) is 4.98. The molecule has 0 fully saturated rings. The maximum absolute atomic E-state index is 12.0. The molecule has 0 aliphatic rings. The van der Waals surface area contributed by atoms with Crippen LogP contribution >= 0.6 is 34.8 Å². The van der Waals surface area contributed by atoms with Crippen molar-refractivity contribution in [1.82, 2.24) is 15.7 Å². The van der Waals surface area contributed by atoms with E-state index in [9.17, 15) is 9.59 Å². The number of hydrogen-bond donors (Lipinski definition) is 2. The lowest BCUT2D eigenvalue weighted by molar-refractivity contribution is -0.120. The molecule has 0 atom stereocenters. The summed E-state index contributed by atoms with van der Waals surface area (Å²) in [5, 5.41) is 8.07. The molecule has 1 heterocycles. The maximum Gasteiger partial charge on any atom is 0.259 e. The monoisotopic (exact) mass is 434 g/mol. The highest BCUT2D eigenvalue weighted by molar-refractivity contribution is 6.42. The number of amides is 2. The van der Waals surface area contributed by atoms with Crippen LogP contribution < -0.4 is 10.7 Å². The van der Waals surface area contributed by atoms with Crippen LogP contribution in [0.5, 0.6) is 0 Å². The smallest absolute Gasteiger partial charge is 0.259 e. The van der Waals surface area contributed by atoms with Gasteiger partial charge in [0.15, 0.2) is 0 Å². The molecule has 3 rings (SSSR count). The molecule has 2 N–H and O–H groups in total. The quantitative estimate of drug-likeness (QED) is 0.360. The van der Waals surface area contributed by atoms with E-state index in [4.69, 9.17) is 34.8 Å². The number of nitrogens with one attached hydrogen (secondary N) is 2. The first-order valence-corrected chi connectivity index (χ1v) is 9.18. The Bertz CT molecular complexity index is 1090. The van der Waals surface area contributed by atoms with E-state index in [0.29, 0.717) is 16.1 Å². The van der Waals surface area contributed by atoms with Gasteiger partial charge in [-0.1, -0.05) is 53.0 Å². The molecule has 142 valence electrons. The second-order valence-electron chi connectivity index (χ2n) is 5.67. The largest absolute Gasteiger partial charge is 0.343 e. The number of benzene rings is 2. The average Bonchev–Trinajstić information content (AvgIpc) is 2.68. The molecule has 1 aromatic heterocycles. The number of fused-ring (bicyclic) bond motifs is 1. The number of carbonyl (C=O) groups excluding carboxylic acids is 2. The van der Waals surface area contributed by atoms with Gasteiger partial charge in [0, 0.05) is 16.5 Å². The first-order chi connectivity index (χ1) is 13.4. The SMILES string of the molecule is O=C(CNC(=O)c1ccc(Cl)c(Cl)c1)N/N=C/c1cc2ccccc2nc1Cl. The number of rotatable bonds is 5. The molecule has 9 heteroatoms. The summed E-state index contributed by atoms with van der Waals surface area (Å²) in [6, 6.07) is 13.7. The van der Waals surface area contributed by atoms with Gasteiger partial charge in [-0.25, -0.2) is 10.4 Å². The molecule has 0 saturated carbocycles. The van der Waals surface area contributed by atoms with Crippen molar-refractivity contribution < 1.29 is 9.59 Å². The molecule has 2 aromatic carbocycles. The Morgan fingerprint density at radius 1 is 1.04 bits per heavy atom. The van der Waals surface area contributed by atoms with Gasteiger partial charge in [0.1, 0.15) is 5.15 Å². The van der Waals surface area contributed by atoms with Gasteiger partial charge in [-0.05, 0) is 30.3 Å². The van der Waals surface area contributed by atoms with E-state index in [-0.39, 0.29) is 16.7 Å². The van der Waals surface area contributed by atoms with Gasteiger partial charge < -0.3 is 5.32 Å². The van der Waals surface area contributed by atoms with E-state index in [2.05, 4.69) is 20.8 Å². The van der Waals surface area contributed by atoms with Crippen LogP contribution in [0.2, 0.25) is 15.2 Å². The Labute approximate surface area is 175 Å². The summed E-state index contributed by atoms with van der Waals surface area (Å²) in [5.41, 5.74) is 3.93. The van der Waals surface area contributed by atoms with Crippen molar-refractivity contribution in [2.75, 3.05) is 6.54 Å². The number of hydrogen-bond acceptors (Lipinski definition) is 4. The summed E-state index contributed by atoms with van der Waals surface area (Å²) in [7, 11) is 0. The number of hydrazone groups is 1. The Hall–Kier alpha value is -2.67. The van der Waals surface area contributed by atoms with Crippen LogP contribution in [-0.4, -0.2) is 29.6 Å². The maximum atomic E-state index is 12.0. The molecule has 28 heavy (non-hydrogen) atoms. The number of para-hydroxylation sites is 1. The van der Waals surface area contributed by atoms with Crippen LogP contribution in [0.4, 0.5) is 0 Å². The van der Waals surface area contributed by atoms with Gasteiger partial charge in [0.25, 0.3) is 11.8 Å². The third-order valence-electron chi connectivity index (χ3n) is 3.69. The van der Waals surface area contributed by atoms with Crippen LogP contribution in [0.25, 0.3) is 10.9 Å². The summed E-state index contributed by atoms with van der Waals surface area (Å²) in [4.78, 5) is 28.1. The molecule has 0 saturated heterocycles. The number of aromatic nitrogens is 1. The van der Waals surface area contributed by atoms with E-state index >= 15 is 0 Å². The standard InChI is InChI=1S/C19H13Cl3N4O2/c20-14-6-5-12(8-15(14)21)19(28)23-10-17(27)26-24-9-13-7-11-3-1-2-4-16(11)25-18(13)22/h1-9H,10H2,(H,23,28)(H,26,27)/b24-9+. The second kappa shape index (κ2) is 9.01. The van der Waals surface area contributed by atoms with E-state index in [1.54, 1.807) is 0 Å². The summed E-state index contributed by atoms with van der Waals surface area (Å²) in [6.45, 7) is -0.264. The zero-order valence-corrected chi connectivity index (χ0v) is 16.5. The van der Waals surface area contributed by atoms with Crippen molar-refractivity contribution in [3.05, 3.63) is 74.9 Å². The zero-order valence-electron chi connectivity index (χ0n) is 14.2. The van der Waals surface area contributed by atoms with Gasteiger partial charge in [-0.3, -0.25) is 9.59 Å². The van der Waals surface area contributed by atoms with Crippen molar-refractivity contribution >= 4 is 63.7 Å². The number of carbonyl (C=O) groups is 2. The van der Waals surface area contributed by atoms with Crippen LogP contribution in [0.1, 0.15) is 15.9 Å². The fourth-order valence-corrected chi connectivity index (χ4v) is 2.81. The Kier molecular flexibility index (Phi) is 6.46. The van der Waals surface area contributed by atoms with Crippen molar-refractivity contribution in [3.8, 4) is 0 Å². The topological polar surface area (TPSA) is 83.5 Å². The van der Waals surface area contributed by atoms with Gasteiger partial charge in [-0.2, -0.15) is 5.10 Å². The summed E-state index contributed by atoms with van der Waals surface area (Å²) >= 11 is 17.8. The normalized spacial score (nSPS) is 11.0. The summed E-state index contributed by atoms with van der Waals surface area (Å²) < 4.78 is 0. The van der Waals surface area contributed by atoms with Crippen molar-refractivity contribution in [1.29, 1.82) is 0 Å².